The summed E-state index contributed by atoms with van der Waals surface area (Å²) in [7, 11) is 0. The van der Waals surface area contributed by atoms with Crippen molar-refractivity contribution >= 4 is 37.6 Å². The van der Waals surface area contributed by atoms with E-state index in [9.17, 15) is 4.79 Å². The first-order valence-electron chi connectivity index (χ1n) is 5.32. The molecular formula is C13H13Br2NO. The summed E-state index contributed by atoms with van der Waals surface area (Å²) in [6, 6.07) is 7.68. The zero-order valence-corrected chi connectivity index (χ0v) is 12.9. The van der Waals surface area contributed by atoms with Gasteiger partial charge in [0, 0.05) is 10.4 Å². The molecule has 1 aromatic rings. The number of hydrogen-bond acceptors (Lipinski definition) is 2. The van der Waals surface area contributed by atoms with Gasteiger partial charge in [0.25, 0.3) is 0 Å². The summed E-state index contributed by atoms with van der Waals surface area (Å²) in [5, 5.41) is 9.03. The predicted octanol–water partition coefficient (Wildman–Crippen LogP) is 3.85. The van der Waals surface area contributed by atoms with Crippen LogP contribution in [-0.2, 0) is 11.2 Å². The molecule has 4 heteroatoms. The molecule has 0 saturated heterocycles. The highest BCUT2D eigenvalue weighted by Crippen LogP contribution is 2.21. The first-order chi connectivity index (χ1) is 7.95. The van der Waals surface area contributed by atoms with Gasteiger partial charge in [-0.25, -0.2) is 0 Å². The third-order valence-corrected chi connectivity index (χ3v) is 3.74. The molecular weight excluding hydrogens is 346 g/mol. The molecule has 0 fully saturated rings. The number of hydrogen-bond donors (Lipinski definition) is 0. The minimum absolute atomic E-state index is 0.000332. The Bertz CT molecular complexity index is 463. The van der Waals surface area contributed by atoms with Crippen molar-refractivity contribution in [3.05, 3.63) is 33.8 Å². The molecule has 2 nitrogen and oxygen atoms in total. The first-order valence-corrected chi connectivity index (χ1v) is 7.03. The lowest BCUT2D eigenvalue weighted by Gasteiger charge is -2.12. The summed E-state index contributed by atoms with van der Waals surface area (Å²) in [5.41, 5.74) is 1.51. The van der Waals surface area contributed by atoms with Gasteiger partial charge in [-0.1, -0.05) is 51.8 Å². The molecule has 1 unspecified atom stereocenters. The predicted molar refractivity (Wildman–Crippen MR) is 75.1 cm³/mol. The number of nitrogens with zero attached hydrogens (tertiary/aromatic N) is 1. The number of ketones is 1. The summed E-state index contributed by atoms with van der Waals surface area (Å²) in [6.45, 7) is 3.76. The van der Waals surface area contributed by atoms with Crippen LogP contribution in [0.1, 0.15) is 25.0 Å². The van der Waals surface area contributed by atoms with Crippen molar-refractivity contribution in [3.8, 4) is 6.07 Å². The van der Waals surface area contributed by atoms with Crippen LogP contribution in [0.3, 0.4) is 0 Å². The van der Waals surface area contributed by atoms with Crippen LogP contribution in [0.4, 0.5) is 0 Å². The van der Waals surface area contributed by atoms with E-state index in [1.807, 2.05) is 26.0 Å². The molecule has 0 saturated carbocycles. The zero-order valence-electron chi connectivity index (χ0n) is 9.71. The smallest absolute Gasteiger partial charge is 0.149 e. The molecule has 0 aliphatic rings. The van der Waals surface area contributed by atoms with Crippen LogP contribution in [0.5, 0.6) is 0 Å². The molecule has 0 heterocycles. The molecule has 0 aliphatic heterocycles. The number of carbonyl (C=O) groups excluding carboxylic acids is 1. The van der Waals surface area contributed by atoms with Crippen molar-refractivity contribution in [1.29, 1.82) is 5.26 Å². The SMILES string of the molecule is CC(C)C(=O)C(Br)Cc1ccc(Br)cc1C#N. The molecule has 17 heavy (non-hydrogen) atoms. The van der Waals surface area contributed by atoms with Gasteiger partial charge >= 0.3 is 0 Å². The van der Waals surface area contributed by atoms with Crippen LogP contribution in [0.2, 0.25) is 0 Å². The van der Waals surface area contributed by atoms with Crippen molar-refractivity contribution in [3.63, 3.8) is 0 Å². The number of Topliss-reactive ketones (excluding diaryl/α,β-unsaturated/α-hetero) is 1. The van der Waals surface area contributed by atoms with E-state index in [4.69, 9.17) is 5.26 Å². The monoisotopic (exact) mass is 357 g/mol. The Labute approximate surface area is 118 Å². The zero-order chi connectivity index (χ0) is 13.0. The maximum absolute atomic E-state index is 11.8. The summed E-state index contributed by atoms with van der Waals surface area (Å²) in [6.07, 6.45) is 0.549. The number of halogens is 2. The maximum atomic E-state index is 11.8. The van der Waals surface area contributed by atoms with Gasteiger partial charge in [-0.05, 0) is 24.1 Å². The average Bonchev–Trinajstić information content (AvgIpc) is 2.30. The molecule has 0 aliphatic carbocycles. The number of benzene rings is 1. The Hall–Kier alpha value is -0.660. The minimum Gasteiger partial charge on any atom is -0.298 e. The number of carbonyl (C=O) groups is 1. The van der Waals surface area contributed by atoms with Crippen LogP contribution < -0.4 is 0 Å². The summed E-state index contributed by atoms with van der Waals surface area (Å²) in [5.74, 6) is 0.164. The molecule has 1 rings (SSSR count). The van der Waals surface area contributed by atoms with Gasteiger partial charge in [0.05, 0.1) is 16.5 Å². The fourth-order valence-electron chi connectivity index (χ4n) is 1.49. The summed E-state index contributed by atoms with van der Waals surface area (Å²) >= 11 is 6.72. The van der Waals surface area contributed by atoms with E-state index in [0.717, 1.165) is 10.0 Å². The van der Waals surface area contributed by atoms with Crippen molar-refractivity contribution in [2.75, 3.05) is 0 Å². The van der Waals surface area contributed by atoms with Crippen LogP contribution in [0, 0.1) is 17.2 Å². The van der Waals surface area contributed by atoms with Gasteiger partial charge in [0.2, 0.25) is 0 Å². The summed E-state index contributed by atoms with van der Waals surface area (Å²) < 4.78 is 0.874. The normalized spacial score (nSPS) is 12.2. The standard InChI is InChI=1S/C13H13Br2NO/c1-8(2)13(17)12(15)6-9-3-4-11(14)5-10(9)7-16/h3-5,8,12H,6H2,1-2H3. The van der Waals surface area contributed by atoms with Crippen LogP contribution in [0.15, 0.2) is 22.7 Å². The lowest BCUT2D eigenvalue weighted by molar-refractivity contribution is -0.121. The van der Waals surface area contributed by atoms with Crippen LogP contribution in [0.25, 0.3) is 0 Å². The topological polar surface area (TPSA) is 40.9 Å². The average molecular weight is 359 g/mol. The third-order valence-electron chi connectivity index (χ3n) is 2.47. The number of alkyl halides is 1. The highest BCUT2D eigenvalue weighted by molar-refractivity contribution is 9.10. The highest BCUT2D eigenvalue weighted by Gasteiger charge is 2.19. The lowest BCUT2D eigenvalue weighted by atomic mass is 9.98. The second-order valence-corrected chi connectivity index (χ2v) is 6.16. The molecule has 0 amide bonds. The second kappa shape index (κ2) is 6.32. The molecule has 0 radical (unpaired) electrons. The third kappa shape index (κ3) is 3.93. The number of nitriles is 1. The Morgan fingerprint density at radius 3 is 2.65 bits per heavy atom. The molecule has 0 N–H and O–H groups in total. The quantitative estimate of drug-likeness (QED) is 0.767. The van der Waals surface area contributed by atoms with E-state index in [1.54, 1.807) is 6.07 Å². The maximum Gasteiger partial charge on any atom is 0.149 e. The Morgan fingerprint density at radius 1 is 1.47 bits per heavy atom. The fraction of sp³-hybridized carbons (Fsp3) is 0.385. The van der Waals surface area contributed by atoms with Crippen molar-refractivity contribution in [2.24, 2.45) is 5.92 Å². The van der Waals surface area contributed by atoms with Gasteiger partial charge < -0.3 is 0 Å². The Balaban J connectivity index is 2.89. The molecule has 90 valence electrons. The van der Waals surface area contributed by atoms with Gasteiger partial charge in [-0.3, -0.25) is 4.79 Å². The van der Waals surface area contributed by atoms with E-state index in [-0.39, 0.29) is 16.5 Å². The molecule has 1 aromatic carbocycles. The van der Waals surface area contributed by atoms with E-state index < -0.39 is 0 Å². The Morgan fingerprint density at radius 2 is 2.12 bits per heavy atom. The molecule has 1 atom stereocenters. The number of rotatable bonds is 4. The van der Waals surface area contributed by atoms with E-state index in [1.165, 1.54) is 0 Å². The van der Waals surface area contributed by atoms with E-state index in [2.05, 4.69) is 37.9 Å². The Kier molecular flexibility index (Phi) is 5.35. The highest BCUT2D eigenvalue weighted by atomic mass is 79.9. The van der Waals surface area contributed by atoms with Gasteiger partial charge in [0.15, 0.2) is 0 Å². The second-order valence-electron chi connectivity index (χ2n) is 4.14. The summed E-state index contributed by atoms with van der Waals surface area (Å²) in [4.78, 5) is 11.5. The van der Waals surface area contributed by atoms with Gasteiger partial charge in [-0.15, -0.1) is 0 Å². The molecule has 0 aromatic heterocycles. The van der Waals surface area contributed by atoms with Gasteiger partial charge in [-0.2, -0.15) is 5.26 Å². The largest absolute Gasteiger partial charge is 0.298 e. The molecule has 0 bridgehead atoms. The van der Waals surface area contributed by atoms with Crippen molar-refractivity contribution in [1.82, 2.24) is 0 Å². The van der Waals surface area contributed by atoms with E-state index in [0.29, 0.717) is 12.0 Å². The van der Waals surface area contributed by atoms with E-state index >= 15 is 0 Å². The molecule has 0 spiro atoms. The van der Waals surface area contributed by atoms with Gasteiger partial charge in [0.1, 0.15) is 5.78 Å². The fourth-order valence-corrected chi connectivity index (χ4v) is 2.72. The van der Waals surface area contributed by atoms with Crippen LogP contribution >= 0.6 is 31.9 Å². The lowest BCUT2D eigenvalue weighted by Crippen LogP contribution is -2.22. The van der Waals surface area contributed by atoms with Crippen LogP contribution in [-0.4, -0.2) is 10.6 Å². The minimum atomic E-state index is -0.226. The first kappa shape index (κ1) is 14.4. The van der Waals surface area contributed by atoms with Crippen molar-refractivity contribution < 1.29 is 4.79 Å². The van der Waals surface area contributed by atoms with Crippen molar-refractivity contribution in [2.45, 2.75) is 25.1 Å².